The summed E-state index contributed by atoms with van der Waals surface area (Å²) < 4.78 is 1.71. The Balaban J connectivity index is 1.71. The van der Waals surface area contributed by atoms with Gasteiger partial charge in [-0.1, -0.05) is 19.9 Å². The monoisotopic (exact) mass is 397 g/mol. The van der Waals surface area contributed by atoms with Crippen LogP contribution in [0.4, 0.5) is 5.69 Å². The molecule has 2 aromatic heterocycles. The lowest BCUT2D eigenvalue weighted by atomic mass is 9.89. The second-order valence-electron chi connectivity index (χ2n) is 7.67. The van der Waals surface area contributed by atoms with Gasteiger partial charge >= 0.3 is 0 Å². The fourth-order valence-electron chi connectivity index (χ4n) is 3.58. The predicted molar refractivity (Wildman–Crippen MR) is 115 cm³/mol. The first-order valence-corrected chi connectivity index (χ1v) is 10.2. The van der Waals surface area contributed by atoms with E-state index in [-0.39, 0.29) is 11.8 Å². The molecule has 8 heteroatoms. The smallest absolute Gasteiger partial charge is 0.246 e. The lowest BCUT2D eigenvalue weighted by molar-refractivity contribution is -0.120. The zero-order valence-corrected chi connectivity index (χ0v) is 17.7. The zero-order chi connectivity index (χ0) is 20.8. The van der Waals surface area contributed by atoms with Gasteiger partial charge in [0.05, 0.1) is 11.9 Å². The summed E-state index contributed by atoms with van der Waals surface area (Å²) >= 11 is 0. The van der Waals surface area contributed by atoms with E-state index in [1.807, 2.05) is 37.3 Å². The average molecular weight is 398 g/mol. The number of guanidine groups is 1. The van der Waals surface area contributed by atoms with E-state index in [1.54, 1.807) is 22.0 Å². The molecule has 3 heterocycles. The minimum absolute atomic E-state index is 0.0579. The van der Waals surface area contributed by atoms with Crippen LogP contribution in [0.5, 0.6) is 0 Å². The number of carbonyl (C=O) groups excluding carboxylic acids is 1. The number of aryl methyl sites for hydroxylation is 1. The standard InChI is InChI=1S/C21H31N7O/c1-5-23-21(24-13-19(16(2)3)17-7-6-8-22-11-17)27-9-10-28(20(29)15-27)18-12-25-26(4)14-18/h6-8,11-12,14,16,19H,5,9-10,13,15H2,1-4H3,(H,23,24). The van der Waals surface area contributed by atoms with E-state index in [1.165, 1.54) is 5.56 Å². The fourth-order valence-corrected chi connectivity index (χ4v) is 3.58. The predicted octanol–water partition coefficient (Wildman–Crippen LogP) is 1.87. The number of carbonyl (C=O) groups is 1. The Morgan fingerprint density at radius 1 is 1.31 bits per heavy atom. The second-order valence-corrected chi connectivity index (χ2v) is 7.67. The normalized spacial score (nSPS) is 16.4. The summed E-state index contributed by atoms with van der Waals surface area (Å²) in [6, 6.07) is 4.08. The van der Waals surface area contributed by atoms with Gasteiger partial charge in [-0.25, -0.2) is 0 Å². The molecule has 1 saturated heterocycles. The molecule has 156 valence electrons. The van der Waals surface area contributed by atoms with Crippen molar-refractivity contribution in [3.8, 4) is 0 Å². The highest BCUT2D eigenvalue weighted by Crippen LogP contribution is 2.24. The highest BCUT2D eigenvalue weighted by atomic mass is 16.2. The van der Waals surface area contributed by atoms with E-state index in [4.69, 9.17) is 4.99 Å². The van der Waals surface area contributed by atoms with Crippen LogP contribution in [-0.4, -0.2) is 64.3 Å². The van der Waals surface area contributed by atoms with Crippen LogP contribution in [-0.2, 0) is 11.8 Å². The number of hydrogen-bond acceptors (Lipinski definition) is 4. The molecule has 0 spiro atoms. The molecule has 1 amide bonds. The van der Waals surface area contributed by atoms with Gasteiger partial charge in [0.15, 0.2) is 5.96 Å². The van der Waals surface area contributed by atoms with E-state index < -0.39 is 0 Å². The van der Waals surface area contributed by atoms with Crippen LogP contribution in [0.15, 0.2) is 41.9 Å². The van der Waals surface area contributed by atoms with Gasteiger partial charge in [-0.05, 0) is 24.5 Å². The van der Waals surface area contributed by atoms with Crippen LogP contribution < -0.4 is 10.2 Å². The number of nitrogens with one attached hydrogen (secondary N) is 1. The summed E-state index contributed by atoms with van der Waals surface area (Å²) in [5, 5.41) is 7.52. The van der Waals surface area contributed by atoms with Crippen molar-refractivity contribution >= 4 is 17.6 Å². The van der Waals surface area contributed by atoms with E-state index >= 15 is 0 Å². The van der Waals surface area contributed by atoms with Crippen molar-refractivity contribution in [1.82, 2.24) is 25.0 Å². The quantitative estimate of drug-likeness (QED) is 0.595. The second kappa shape index (κ2) is 9.54. The third-order valence-corrected chi connectivity index (χ3v) is 5.21. The van der Waals surface area contributed by atoms with Crippen LogP contribution in [0.25, 0.3) is 0 Å². The fraction of sp³-hybridized carbons (Fsp3) is 0.524. The molecule has 0 aromatic carbocycles. The van der Waals surface area contributed by atoms with Gasteiger partial charge in [-0.15, -0.1) is 0 Å². The first kappa shape index (κ1) is 20.8. The molecule has 8 nitrogen and oxygen atoms in total. The topological polar surface area (TPSA) is 78.7 Å². The number of hydrogen-bond donors (Lipinski definition) is 1. The average Bonchev–Trinajstić information content (AvgIpc) is 3.14. The molecule has 0 saturated carbocycles. The number of rotatable bonds is 6. The summed E-state index contributed by atoms with van der Waals surface area (Å²) in [6.45, 7) is 9.52. The van der Waals surface area contributed by atoms with Crippen LogP contribution in [0, 0.1) is 5.92 Å². The lowest BCUT2D eigenvalue weighted by Gasteiger charge is -2.35. The third-order valence-electron chi connectivity index (χ3n) is 5.21. The summed E-state index contributed by atoms with van der Waals surface area (Å²) in [7, 11) is 1.85. The maximum Gasteiger partial charge on any atom is 0.246 e. The minimum Gasteiger partial charge on any atom is -0.357 e. The lowest BCUT2D eigenvalue weighted by Crippen LogP contribution is -2.55. The molecule has 0 aliphatic carbocycles. The van der Waals surface area contributed by atoms with Gasteiger partial charge in [-0.2, -0.15) is 5.10 Å². The summed E-state index contributed by atoms with van der Waals surface area (Å²) in [5.41, 5.74) is 2.04. The summed E-state index contributed by atoms with van der Waals surface area (Å²) in [4.78, 5) is 25.7. The van der Waals surface area contributed by atoms with Crippen molar-refractivity contribution in [2.45, 2.75) is 26.7 Å². The van der Waals surface area contributed by atoms with E-state index in [9.17, 15) is 4.79 Å². The van der Waals surface area contributed by atoms with Crippen LogP contribution >= 0.6 is 0 Å². The van der Waals surface area contributed by atoms with Gasteiger partial charge < -0.3 is 15.1 Å². The van der Waals surface area contributed by atoms with Gasteiger partial charge in [-0.3, -0.25) is 19.5 Å². The van der Waals surface area contributed by atoms with Crippen molar-refractivity contribution in [3.63, 3.8) is 0 Å². The Hall–Kier alpha value is -2.90. The Kier molecular flexibility index (Phi) is 6.85. The molecule has 1 aliphatic heterocycles. The SMILES string of the molecule is CCNC(=NCC(c1cccnc1)C(C)C)N1CCN(c2cnn(C)c2)C(=O)C1. The molecule has 1 unspecified atom stereocenters. The molecule has 2 aromatic rings. The van der Waals surface area contributed by atoms with Crippen molar-refractivity contribution in [3.05, 3.63) is 42.5 Å². The molecule has 1 N–H and O–H groups in total. The number of pyridine rings is 1. The summed E-state index contributed by atoms with van der Waals surface area (Å²) in [6.07, 6.45) is 7.31. The minimum atomic E-state index is 0.0579. The van der Waals surface area contributed by atoms with Gasteiger partial charge in [0, 0.05) is 57.7 Å². The highest BCUT2D eigenvalue weighted by molar-refractivity contribution is 5.98. The number of aromatic nitrogens is 3. The molecule has 0 radical (unpaired) electrons. The number of amides is 1. The van der Waals surface area contributed by atoms with Gasteiger partial charge in [0.25, 0.3) is 0 Å². The number of piperazine rings is 1. The molecular weight excluding hydrogens is 366 g/mol. The maximum atomic E-state index is 12.7. The Labute approximate surface area is 172 Å². The Morgan fingerprint density at radius 3 is 2.72 bits per heavy atom. The van der Waals surface area contributed by atoms with E-state index in [0.717, 1.165) is 24.7 Å². The molecule has 3 rings (SSSR count). The summed E-state index contributed by atoms with van der Waals surface area (Å²) in [5.74, 6) is 1.57. The number of aliphatic imine (C=N–C) groups is 1. The molecule has 1 fully saturated rings. The van der Waals surface area contributed by atoms with Crippen LogP contribution in [0.1, 0.15) is 32.3 Å². The largest absolute Gasteiger partial charge is 0.357 e. The first-order chi connectivity index (χ1) is 14.0. The van der Waals surface area contributed by atoms with Crippen molar-refractivity contribution in [2.75, 3.05) is 37.6 Å². The van der Waals surface area contributed by atoms with E-state index in [2.05, 4.69) is 35.3 Å². The van der Waals surface area contributed by atoms with Gasteiger partial charge in [0.1, 0.15) is 6.54 Å². The molecular formula is C21H31N7O. The van der Waals surface area contributed by atoms with Crippen LogP contribution in [0.2, 0.25) is 0 Å². The van der Waals surface area contributed by atoms with Crippen molar-refractivity contribution in [1.29, 1.82) is 0 Å². The zero-order valence-electron chi connectivity index (χ0n) is 17.7. The number of nitrogens with zero attached hydrogens (tertiary/aromatic N) is 6. The third kappa shape index (κ3) is 5.13. The van der Waals surface area contributed by atoms with Crippen LogP contribution in [0.3, 0.4) is 0 Å². The Morgan fingerprint density at radius 2 is 2.14 bits per heavy atom. The maximum absolute atomic E-state index is 12.7. The highest BCUT2D eigenvalue weighted by Gasteiger charge is 2.28. The molecule has 29 heavy (non-hydrogen) atoms. The Bertz CT molecular complexity index is 831. The molecule has 0 bridgehead atoms. The van der Waals surface area contributed by atoms with Crippen molar-refractivity contribution in [2.24, 2.45) is 18.0 Å². The first-order valence-electron chi connectivity index (χ1n) is 10.2. The molecule has 1 aliphatic rings. The van der Waals surface area contributed by atoms with Gasteiger partial charge in [0.2, 0.25) is 5.91 Å². The van der Waals surface area contributed by atoms with E-state index in [0.29, 0.717) is 25.6 Å². The van der Waals surface area contributed by atoms with Crippen molar-refractivity contribution < 1.29 is 4.79 Å². The number of anilines is 1. The molecule has 1 atom stereocenters.